The summed E-state index contributed by atoms with van der Waals surface area (Å²) in [6, 6.07) is 8.52. The molecule has 0 fully saturated rings. The molecular formula is C12H15NO3. The van der Waals surface area contributed by atoms with Gasteiger partial charge in [-0.3, -0.25) is 9.59 Å². The number of aliphatic carboxylic acids is 1. The molecule has 0 aromatic heterocycles. The number of carbonyl (C=O) groups is 2. The fraction of sp³-hybridized carbons (Fsp3) is 0.333. The van der Waals surface area contributed by atoms with Crippen LogP contribution in [-0.2, 0) is 15.0 Å². The van der Waals surface area contributed by atoms with E-state index in [0.29, 0.717) is 5.56 Å². The third-order valence-corrected chi connectivity index (χ3v) is 2.61. The molecule has 16 heavy (non-hydrogen) atoms. The first kappa shape index (κ1) is 12.2. The van der Waals surface area contributed by atoms with E-state index in [1.807, 2.05) is 0 Å². The van der Waals surface area contributed by atoms with Crippen molar-refractivity contribution in [3.63, 3.8) is 0 Å². The molecule has 0 spiro atoms. The highest BCUT2D eigenvalue weighted by Crippen LogP contribution is 2.25. The fourth-order valence-corrected chi connectivity index (χ4v) is 1.56. The fourth-order valence-electron chi connectivity index (χ4n) is 1.56. The summed E-state index contributed by atoms with van der Waals surface area (Å²) in [6.07, 6.45) is 0. The first-order chi connectivity index (χ1) is 7.40. The minimum absolute atomic E-state index is 0.439. The number of carbonyl (C=O) groups excluding carboxylic acids is 1. The van der Waals surface area contributed by atoms with E-state index in [4.69, 9.17) is 0 Å². The number of nitrogens with zero attached hydrogens (tertiary/aromatic N) is 1. The van der Waals surface area contributed by atoms with Crippen molar-refractivity contribution >= 4 is 11.9 Å². The Balaban J connectivity index is 3.28. The van der Waals surface area contributed by atoms with Crippen LogP contribution in [0.4, 0.5) is 0 Å². The number of hydrogen-bond acceptors (Lipinski definition) is 2. The summed E-state index contributed by atoms with van der Waals surface area (Å²) >= 11 is 0. The molecule has 0 aliphatic carbocycles. The highest BCUT2D eigenvalue weighted by Gasteiger charge is 2.43. The molecular weight excluding hydrogens is 206 g/mol. The van der Waals surface area contributed by atoms with Gasteiger partial charge in [-0.25, -0.2) is 0 Å². The highest BCUT2D eigenvalue weighted by atomic mass is 16.4. The molecule has 0 saturated carbocycles. The molecule has 0 radical (unpaired) electrons. The Kier molecular flexibility index (Phi) is 3.32. The summed E-state index contributed by atoms with van der Waals surface area (Å²) in [6.45, 7) is 1.42. The van der Waals surface area contributed by atoms with E-state index in [9.17, 15) is 14.7 Å². The van der Waals surface area contributed by atoms with Crippen molar-refractivity contribution in [3.8, 4) is 0 Å². The lowest BCUT2D eigenvalue weighted by atomic mass is 9.81. The second kappa shape index (κ2) is 4.35. The summed E-state index contributed by atoms with van der Waals surface area (Å²) in [5.41, 5.74) is -1.04. The lowest BCUT2D eigenvalue weighted by Crippen LogP contribution is -2.47. The summed E-state index contributed by atoms with van der Waals surface area (Å²) in [5, 5.41) is 9.26. The van der Waals surface area contributed by atoms with E-state index >= 15 is 0 Å². The molecule has 1 N–H and O–H groups in total. The van der Waals surface area contributed by atoms with E-state index in [2.05, 4.69) is 0 Å². The molecule has 0 aliphatic heterocycles. The summed E-state index contributed by atoms with van der Waals surface area (Å²) in [7, 11) is 3.10. The zero-order valence-corrected chi connectivity index (χ0v) is 9.60. The number of rotatable bonds is 3. The topological polar surface area (TPSA) is 57.6 Å². The van der Waals surface area contributed by atoms with Gasteiger partial charge in [0.2, 0.25) is 5.91 Å². The van der Waals surface area contributed by atoms with Crippen LogP contribution in [-0.4, -0.2) is 36.0 Å². The normalized spacial score (nSPS) is 13.9. The van der Waals surface area contributed by atoms with Crippen molar-refractivity contribution in [2.45, 2.75) is 12.3 Å². The van der Waals surface area contributed by atoms with E-state index < -0.39 is 17.3 Å². The van der Waals surface area contributed by atoms with Crippen LogP contribution in [0.5, 0.6) is 0 Å². The van der Waals surface area contributed by atoms with Gasteiger partial charge in [0.05, 0.1) is 0 Å². The highest BCUT2D eigenvalue weighted by molar-refractivity contribution is 6.07. The predicted octanol–water partition coefficient (Wildman–Crippen LogP) is 1.12. The van der Waals surface area contributed by atoms with Gasteiger partial charge < -0.3 is 10.0 Å². The van der Waals surface area contributed by atoms with Crippen molar-refractivity contribution in [1.29, 1.82) is 0 Å². The number of benzene rings is 1. The predicted molar refractivity (Wildman–Crippen MR) is 60.1 cm³/mol. The standard InChI is InChI=1S/C12H15NO3/c1-12(11(15)16,10(14)13(2)3)9-7-5-4-6-8-9/h4-8H,1-3H3,(H,15,16). The van der Waals surface area contributed by atoms with Gasteiger partial charge in [-0.15, -0.1) is 0 Å². The number of carboxylic acids is 1. The van der Waals surface area contributed by atoms with Gasteiger partial charge in [0.25, 0.3) is 0 Å². The van der Waals surface area contributed by atoms with Crippen LogP contribution in [0.2, 0.25) is 0 Å². The zero-order chi connectivity index (χ0) is 12.3. The summed E-state index contributed by atoms with van der Waals surface area (Å²) in [4.78, 5) is 24.6. The van der Waals surface area contributed by atoms with Gasteiger partial charge >= 0.3 is 5.97 Å². The Morgan fingerprint density at radius 2 is 1.69 bits per heavy atom. The third kappa shape index (κ3) is 1.91. The SMILES string of the molecule is CN(C)C(=O)C(C)(C(=O)O)c1ccccc1. The molecule has 1 amide bonds. The van der Waals surface area contributed by atoms with Crippen LogP contribution < -0.4 is 0 Å². The summed E-state index contributed by atoms with van der Waals surface area (Å²) in [5.74, 6) is -1.58. The second-order valence-corrected chi connectivity index (χ2v) is 4.00. The molecule has 4 heteroatoms. The molecule has 1 atom stereocenters. The van der Waals surface area contributed by atoms with E-state index in [1.54, 1.807) is 44.4 Å². The van der Waals surface area contributed by atoms with Crippen molar-refractivity contribution in [2.75, 3.05) is 14.1 Å². The first-order valence-electron chi connectivity index (χ1n) is 4.91. The van der Waals surface area contributed by atoms with Crippen LogP contribution in [0.1, 0.15) is 12.5 Å². The van der Waals surface area contributed by atoms with E-state index in [-0.39, 0.29) is 0 Å². The molecule has 0 bridgehead atoms. The Morgan fingerprint density at radius 3 is 2.06 bits per heavy atom. The van der Waals surface area contributed by atoms with Crippen LogP contribution in [0.15, 0.2) is 30.3 Å². The van der Waals surface area contributed by atoms with Crippen molar-refractivity contribution in [2.24, 2.45) is 0 Å². The smallest absolute Gasteiger partial charge is 0.323 e. The number of carboxylic acid groups (broad SMARTS) is 1. The van der Waals surface area contributed by atoms with Gasteiger partial charge in [0.15, 0.2) is 5.41 Å². The van der Waals surface area contributed by atoms with E-state index in [1.165, 1.54) is 11.8 Å². The molecule has 86 valence electrons. The monoisotopic (exact) mass is 221 g/mol. The van der Waals surface area contributed by atoms with E-state index in [0.717, 1.165) is 0 Å². The maximum Gasteiger partial charge on any atom is 0.323 e. The van der Waals surface area contributed by atoms with Gasteiger partial charge in [-0.1, -0.05) is 30.3 Å². The summed E-state index contributed by atoms with van der Waals surface area (Å²) < 4.78 is 0. The molecule has 0 aliphatic rings. The quantitative estimate of drug-likeness (QED) is 0.778. The van der Waals surface area contributed by atoms with Crippen molar-refractivity contribution < 1.29 is 14.7 Å². The zero-order valence-electron chi connectivity index (χ0n) is 9.60. The van der Waals surface area contributed by atoms with Crippen molar-refractivity contribution in [1.82, 2.24) is 4.90 Å². The Bertz CT molecular complexity index is 400. The molecule has 0 saturated heterocycles. The largest absolute Gasteiger partial charge is 0.480 e. The minimum atomic E-state index is -1.52. The Labute approximate surface area is 94.5 Å². The maximum absolute atomic E-state index is 12.0. The third-order valence-electron chi connectivity index (χ3n) is 2.61. The molecule has 1 unspecified atom stereocenters. The van der Waals surface area contributed by atoms with Crippen LogP contribution in [0, 0.1) is 0 Å². The molecule has 0 heterocycles. The molecule has 1 aromatic rings. The van der Waals surface area contributed by atoms with Crippen LogP contribution >= 0.6 is 0 Å². The minimum Gasteiger partial charge on any atom is -0.480 e. The second-order valence-electron chi connectivity index (χ2n) is 4.00. The van der Waals surface area contributed by atoms with Gasteiger partial charge in [-0.05, 0) is 12.5 Å². The van der Waals surface area contributed by atoms with Gasteiger partial charge in [0.1, 0.15) is 0 Å². The molecule has 1 aromatic carbocycles. The lowest BCUT2D eigenvalue weighted by Gasteiger charge is -2.27. The Morgan fingerprint density at radius 1 is 1.19 bits per heavy atom. The van der Waals surface area contributed by atoms with Crippen LogP contribution in [0.3, 0.4) is 0 Å². The molecule has 1 rings (SSSR count). The molecule has 4 nitrogen and oxygen atoms in total. The number of amides is 1. The van der Waals surface area contributed by atoms with Gasteiger partial charge in [0, 0.05) is 14.1 Å². The van der Waals surface area contributed by atoms with Crippen molar-refractivity contribution in [3.05, 3.63) is 35.9 Å². The lowest BCUT2D eigenvalue weighted by molar-refractivity contribution is -0.152. The average Bonchev–Trinajstić information content (AvgIpc) is 2.27. The maximum atomic E-state index is 12.0. The first-order valence-corrected chi connectivity index (χ1v) is 4.91. The average molecular weight is 221 g/mol. The van der Waals surface area contributed by atoms with Crippen LogP contribution in [0.25, 0.3) is 0 Å². The number of likely N-dealkylation sites (N-methyl/N-ethyl adjacent to an activating group) is 1. The Hall–Kier alpha value is -1.84. The number of hydrogen-bond donors (Lipinski definition) is 1. The van der Waals surface area contributed by atoms with Gasteiger partial charge in [-0.2, -0.15) is 0 Å².